The fourth-order valence-corrected chi connectivity index (χ4v) is 1.64. The molecule has 0 saturated carbocycles. The SMILES string of the molecule is CCOc1ccc(NC(C)CCC(C)C)cn1. The molecule has 1 aromatic heterocycles. The molecule has 0 aliphatic carbocycles. The third-order valence-corrected chi connectivity index (χ3v) is 2.62. The predicted molar refractivity (Wildman–Crippen MR) is 72.6 cm³/mol. The molecule has 0 fully saturated rings. The molecule has 3 nitrogen and oxygen atoms in total. The van der Waals surface area contributed by atoms with Crippen LogP contribution in [0.1, 0.15) is 40.5 Å². The first kappa shape index (κ1) is 13.8. The number of nitrogens with zero attached hydrogens (tertiary/aromatic N) is 1. The fourth-order valence-electron chi connectivity index (χ4n) is 1.64. The van der Waals surface area contributed by atoms with Crippen LogP contribution in [0.4, 0.5) is 5.69 Å². The van der Waals surface area contributed by atoms with Crippen molar-refractivity contribution in [2.24, 2.45) is 5.92 Å². The van der Waals surface area contributed by atoms with Gasteiger partial charge in [-0.15, -0.1) is 0 Å². The fraction of sp³-hybridized carbons (Fsp3) is 0.643. The smallest absolute Gasteiger partial charge is 0.213 e. The maximum atomic E-state index is 5.31. The lowest BCUT2D eigenvalue weighted by Gasteiger charge is -2.16. The van der Waals surface area contributed by atoms with Crippen LogP contribution in [0.3, 0.4) is 0 Å². The molecule has 0 aliphatic heterocycles. The summed E-state index contributed by atoms with van der Waals surface area (Å²) in [5, 5.41) is 3.45. The summed E-state index contributed by atoms with van der Waals surface area (Å²) in [6.45, 7) is 9.33. The molecular formula is C14H24N2O. The topological polar surface area (TPSA) is 34.1 Å². The van der Waals surface area contributed by atoms with Crippen LogP contribution in [0.25, 0.3) is 0 Å². The van der Waals surface area contributed by atoms with Gasteiger partial charge in [-0.25, -0.2) is 4.98 Å². The minimum Gasteiger partial charge on any atom is -0.478 e. The summed E-state index contributed by atoms with van der Waals surface area (Å²) < 4.78 is 5.31. The minimum atomic E-state index is 0.483. The number of anilines is 1. The molecule has 1 unspecified atom stereocenters. The van der Waals surface area contributed by atoms with E-state index in [0.29, 0.717) is 18.5 Å². The standard InChI is InChI=1S/C14H24N2O/c1-5-17-14-9-8-13(10-15-14)16-12(4)7-6-11(2)3/h8-12,16H,5-7H2,1-4H3. The number of nitrogens with one attached hydrogen (secondary N) is 1. The zero-order chi connectivity index (χ0) is 12.7. The Balaban J connectivity index is 2.40. The maximum Gasteiger partial charge on any atom is 0.213 e. The highest BCUT2D eigenvalue weighted by molar-refractivity contribution is 5.42. The van der Waals surface area contributed by atoms with Gasteiger partial charge in [0.15, 0.2) is 0 Å². The Labute approximate surface area is 105 Å². The van der Waals surface area contributed by atoms with Gasteiger partial charge in [0.05, 0.1) is 18.5 Å². The van der Waals surface area contributed by atoms with Gasteiger partial charge in [0.25, 0.3) is 0 Å². The van der Waals surface area contributed by atoms with Crippen LogP contribution in [0, 0.1) is 5.92 Å². The van der Waals surface area contributed by atoms with E-state index in [1.165, 1.54) is 12.8 Å². The Morgan fingerprint density at radius 1 is 1.24 bits per heavy atom. The highest BCUT2D eigenvalue weighted by atomic mass is 16.5. The minimum absolute atomic E-state index is 0.483. The number of rotatable bonds is 7. The van der Waals surface area contributed by atoms with Crippen LogP contribution < -0.4 is 10.1 Å². The van der Waals surface area contributed by atoms with E-state index in [2.05, 4.69) is 31.1 Å². The lowest BCUT2D eigenvalue weighted by atomic mass is 10.0. The second kappa shape index (κ2) is 7.15. The van der Waals surface area contributed by atoms with Gasteiger partial charge in [0, 0.05) is 12.1 Å². The molecule has 1 aromatic rings. The molecule has 1 rings (SSSR count). The molecule has 0 bridgehead atoms. The third kappa shape index (κ3) is 5.57. The van der Waals surface area contributed by atoms with E-state index in [1.54, 1.807) is 0 Å². The molecule has 0 aromatic carbocycles. The Morgan fingerprint density at radius 2 is 2.00 bits per heavy atom. The monoisotopic (exact) mass is 236 g/mol. The normalized spacial score (nSPS) is 12.5. The largest absolute Gasteiger partial charge is 0.478 e. The quantitative estimate of drug-likeness (QED) is 0.783. The van der Waals surface area contributed by atoms with Crippen LogP contribution in [-0.4, -0.2) is 17.6 Å². The van der Waals surface area contributed by atoms with E-state index in [1.807, 2.05) is 25.3 Å². The van der Waals surface area contributed by atoms with E-state index in [-0.39, 0.29) is 0 Å². The van der Waals surface area contributed by atoms with Crippen molar-refractivity contribution >= 4 is 5.69 Å². The molecule has 96 valence electrons. The number of pyridine rings is 1. The van der Waals surface area contributed by atoms with Crippen molar-refractivity contribution in [1.29, 1.82) is 0 Å². The number of hydrogen-bond donors (Lipinski definition) is 1. The van der Waals surface area contributed by atoms with Crippen molar-refractivity contribution < 1.29 is 4.74 Å². The van der Waals surface area contributed by atoms with Crippen molar-refractivity contribution in [1.82, 2.24) is 4.98 Å². The number of ether oxygens (including phenoxy) is 1. The van der Waals surface area contributed by atoms with Crippen molar-refractivity contribution in [2.75, 3.05) is 11.9 Å². The van der Waals surface area contributed by atoms with Crippen LogP contribution in [0.5, 0.6) is 5.88 Å². The van der Waals surface area contributed by atoms with Gasteiger partial charge in [-0.05, 0) is 38.7 Å². The zero-order valence-corrected chi connectivity index (χ0v) is 11.4. The average molecular weight is 236 g/mol. The van der Waals surface area contributed by atoms with Gasteiger partial charge in [0.2, 0.25) is 5.88 Å². The van der Waals surface area contributed by atoms with E-state index < -0.39 is 0 Å². The number of hydrogen-bond acceptors (Lipinski definition) is 3. The summed E-state index contributed by atoms with van der Waals surface area (Å²) in [5.74, 6) is 1.45. The highest BCUT2D eigenvalue weighted by Gasteiger charge is 2.04. The Kier molecular flexibility index (Phi) is 5.81. The summed E-state index contributed by atoms with van der Waals surface area (Å²) in [7, 11) is 0. The van der Waals surface area contributed by atoms with E-state index in [0.717, 1.165) is 11.6 Å². The van der Waals surface area contributed by atoms with E-state index in [4.69, 9.17) is 4.74 Å². The van der Waals surface area contributed by atoms with Gasteiger partial charge < -0.3 is 10.1 Å². The van der Waals surface area contributed by atoms with Crippen LogP contribution in [-0.2, 0) is 0 Å². The predicted octanol–water partition coefficient (Wildman–Crippen LogP) is 3.72. The second-order valence-electron chi connectivity index (χ2n) is 4.83. The summed E-state index contributed by atoms with van der Waals surface area (Å²) in [6.07, 6.45) is 4.26. The first-order valence-corrected chi connectivity index (χ1v) is 6.47. The molecule has 0 radical (unpaired) electrons. The summed E-state index contributed by atoms with van der Waals surface area (Å²) in [4.78, 5) is 4.23. The highest BCUT2D eigenvalue weighted by Crippen LogP contribution is 2.15. The zero-order valence-electron chi connectivity index (χ0n) is 11.4. The van der Waals surface area contributed by atoms with E-state index in [9.17, 15) is 0 Å². The Morgan fingerprint density at radius 3 is 2.53 bits per heavy atom. The molecule has 0 spiro atoms. The molecule has 0 amide bonds. The van der Waals surface area contributed by atoms with Crippen molar-refractivity contribution in [2.45, 2.75) is 46.6 Å². The summed E-state index contributed by atoms with van der Waals surface area (Å²) in [6, 6.07) is 4.40. The van der Waals surface area contributed by atoms with E-state index >= 15 is 0 Å². The maximum absolute atomic E-state index is 5.31. The lowest BCUT2D eigenvalue weighted by molar-refractivity contribution is 0.327. The molecule has 0 aliphatic rings. The van der Waals surface area contributed by atoms with Gasteiger partial charge in [0.1, 0.15) is 0 Å². The van der Waals surface area contributed by atoms with Crippen molar-refractivity contribution in [3.8, 4) is 5.88 Å². The van der Waals surface area contributed by atoms with Crippen LogP contribution in [0.15, 0.2) is 18.3 Å². The second-order valence-corrected chi connectivity index (χ2v) is 4.83. The molecule has 1 N–H and O–H groups in total. The Bertz CT molecular complexity index is 309. The average Bonchev–Trinajstić information content (AvgIpc) is 2.29. The number of aromatic nitrogens is 1. The molecule has 0 saturated heterocycles. The lowest BCUT2D eigenvalue weighted by Crippen LogP contribution is -2.15. The molecular weight excluding hydrogens is 212 g/mol. The summed E-state index contributed by atoms with van der Waals surface area (Å²) in [5.41, 5.74) is 1.06. The van der Waals surface area contributed by atoms with Gasteiger partial charge in [-0.2, -0.15) is 0 Å². The van der Waals surface area contributed by atoms with Crippen LogP contribution in [0.2, 0.25) is 0 Å². The third-order valence-electron chi connectivity index (χ3n) is 2.62. The molecule has 1 atom stereocenters. The first-order chi connectivity index (χ1) is 8.11. The molecule has 1 heterocycles. The molecule has 3 heteroatoms. The Hall–Kier alpha value is -1.25. The van der Waals surface area contributed by atoms with Gasteiger partial charge >= 0.3 is 0 Å². The van der Waals surface area contributed by atoms with Crippen molar-refractivity contribution in [3.63, 3.8) is 0 Å². The summed E-state index contributed by atoms with van der Waals surface area (Å²) >= 11 is 0. The van der Waals surface area contributed by atoms with Crippen molar-refractivity contribution in [3.05, 3.63) is 18.3 Å². The van der Waals surface area contributed by atoms with Crippen LogP contribution >= 0.6 is 0 Å². The van der Waals surface area contributed by atoms with Gasteiger partial charge in [-0.1, -0.05) is 13.8 Å². The molecule has 17 heavy (non-hydrogen) atoms. The first-order valence-electron chi connectivity index (χ1n) is 6.47. The van der Waals surface area contributed by atoms with Gasteiger partial charge in [-0.3, -0.25) is 0 Å².